The Morgan fingerprint density at radius 3 is 2.76 bits per heavy atom. The van der Waals surface area contributed by atoms with Crippen molar-refractivity contribution in [1.29, 1.82) is 0 Å². The fourth-order valence-corrected chi connectivity index (χ4v) is 3.27. The Kier molecular flexibility index (Phi) is 8.34. The molecule has 0 saturated carbocycles. The van der Waals surface area contributed by atoms with Gasteiger partial charge in [0.25, 0.3) is 0 Å². The molecule has 6 heteroatoms. The molecule has 1 atom stereocenters. The van der Waals surface area contributed by atoms with Crippen LogP contribution in [0.15, 0.2) is 48.5 Å². The van der Waals surface area contributed by atoms with E-state index < -0.39 is 0 Å². The summed E-state index contributed by atoms with van der Waals surface area (Å²) in [6.07, 6.45) is 4.39. The third-order valence-corrected chi connectivity index (χ3v) is 4.89. The van der Waals surface area contributed by atoms with E-state index in [-0.39, 0.29) is 12.1 Å². The maximum absolute atomic E-state index is 12.1. The molecule has 0 radical (unpaired) electrons. The van der Waals surface area contributed by atoms with Gasteiger partial charge in [-0.05, 0) is 61.1 Å². The first-order valence-corrected chi connectivity index (χ1v) is 10.2. The van der Waals surface area contributed by atoms with Crippen LogP contribution in [-0.2, 0) is 22.5 Å². The molecule has 0 aromatic heterocycles. The molecule has 2 amide bonds. The monoisotopic (exact) mass is 398 g/mol. The summed E-state index contributed by atoms with van der Waals surface area (Å²) in [4.78, 5) is 12.1. The van der Waals surface area contributed by atoms with Crippen LogP contribution < -0.4 is 15.4 Å². The molecule has 3 rings (SSSR count). The Labute approximate surface area is 172 Å². The zero-order valence-electron chi connectivity index (χ0n) is 17.0. The zero-order chi connectivity index (χ0) is 20.3. The Bertz CT molecular complexity index is 758. The van der Waals surface area contributed by atoms with Crippen molar-refractivity contribution in [3.05, 3.63) is 59.7 Å². The maximum Gasteiger partial charge on any atom is 0.319 e. The van der Waals surface area contributed by atoms with Crippen molar-refractivity contribution in [3.8, 4) is 5.75 Å². The second-order valence-electron chi connectivity index (χ2n) is 7.18. The molecule has 1 aliphatic heterocycles. The minimum Gasteiger partial charge on any atom is -0.497 e. The molecule has 1 saturated heterocycles. The zero-order valence-corrected chi connectivity index (χ0v) is 17.0. The van der Waals surface area contributed by atoms with Gasteiger partial charge >= 0.3 is 6.03 Å². The van der Waals surface area contributed by atoms with E-state index in [1.807, 2.05) is 48.5 Å². The molecule has 29 heavy (non-hydrogen) atoms. The van der Waals surface area contributed by atoms with Gasteiger partial charge in [-0.2, -0.15) is 0 Å². The second kappa shape index (κ2) is 11.4. The lowest BCUT2D eigenvalue weighted by atomic mass is 10.1. The van der Waals surface area contributed by atoms with Crippen LogP contribution in [0.25, 0.3) is 0 Å². The summed E-state index contributed by atoms with van der Waals surface area (Å²) in [7, 11) is 1.65. The van der Waals surface area contributed by atoms with E-state index in [1.54, 1.807) is 7.11 Å². The summed E-state index contributed by atoms with van der Waals surface area (Å²) in [6.45, 7) is 2.52. The summed E-state index contributed by atoms with van der Waals surface area (Å²) in [5.41, 5.74) is 2.92. The lowest BCUT2D eigenvalue weighted by Gasteiger charge is -2.22. The average Bonchev–Trinajstić information content (AvgIpc) is 2.75. The summed E-state index contributed by atoms with van der Waals surface area (Å²) in [5.74, 6) is 0.828. The quantitative estimate of drug-likeness (QED) is 0.666. The molecule has 2 aromatic carbocycles. The smallest absolute Gasteiger partial charge is 0.319 e. The molecular weight excluding hydrogens is 368 g/mol. The Morgan fingerprint density at radius 1 is 1.14 bits per heavy atom. The van der Waals surface area contributed by atoms with Crippen molar-refractivity contribution in [3.63, 3.8) is 0 Å². The number of hydrogen-bond acceptors (Lipinski definition) is 4. The number of methoxy groups -OCH3 is 1. The van der Waals surface area contributed by atoms with Crippen LogP contribution >= 0.6 is 0 Å². The molecule has 0 aliphatic carbocycles. The number of nitrogens with one attached hydrogen (secondary N) is 2. The summed E-state index contributed by atoms with van der Waals surface area (Å²) < 4.78 is 16.6. The maximum atomic E-state index is 12.1. The van der Waals surface area contributed by atoms with Gasteiger partial charge < -0.3 is 24.8 Å². The Balaban J connectivity index is 1.37. The van der Waals surface area contributed by atoms with Crippen molar-refractivity contribution >= 4 is 11.7 Å². The summed E-state index contributed by atoms with van der Waals surface area (Å²) in [6, 6.07) is 15.3. The molecule has 2 aromatic rings. The van der Waals surface area contributed by atoms with Gasteiger partial charge in [-0.3, -0.25) is 0 Å². The highest BCUT2D eigenvalue weighted by atomic mass is 16.5. The highest BCUT2D eigenvalue weighted by Crippen LogP contribution is 2.15. The van der Waals surface area contributed by atoms with Gasteiger partial charge in [0.2, 0.25) is 0 Å². The van der Waals surface area contributed by atoms with E-state index in [9.17, 15) is 4.79 Å². The van der Waals surface area contributed by atoms with Gasteiger partial charge in [-0.25, -0.2) is 4.79 Å². The number of rotatable bonds is 9. The standard InChI is InChI=1S/C23H30N2O4/c1-27-21-10-8-18(9-11-21)12-13-24-23(26)25-20-6-4-5-19(15-20)16-28-17-22-7-2-3-14-29-22/h4-6,8-11,15,22H,2-3,7,12-14,16-17H2,1H3,(H2,24,25,26). The number of benzene rings is 2. The highest BCUT2D eigenvalue weighted by molar-refractivity contribution is 5.89. The van der Waals surface area contributed by atoms with Crippen LogP contribution in [0, 0.1) is 0 Å². The van der Waals surface area contributed by atoms with Crippen LogP contribution in [0.2, 0.25) is 0 Å². The topological polar surface area (TPSA) is 68.8 Å². The van der Waals surface area contributed by atoms with Gasteiger partial charge in [0, 0.05) is 18.8 Å². The molecular formula is C23H30N2O4. The summed E-state index contributed by atoms with van der Waals surface area (Å²) >= 11 is 0. The molecule has 1 aliphatic rings. The lowest BCUT2D eigenvalue weighted by molar-refractivity contribution is -0.0447. The third kappa shape index (κ3) is 7.40. The number of amides is 2. The number of urea groups is 1. The fourth-order valence-electron chi connectivity index (χ4n) is 3.27. The predicted molar refractivity (Wildman–Crippen MR) is 113 cm³/mol. The number of ether oxygens (including phenoxy) is 3. The normalized spacial score (nSPS) is 16.2. The average molecular weight is 399 g/mol. The molecule has 156 valence electrons. The predicted octanol–water partition coefficient (Wildman–Crippen LogP) is 4.15. The molecule has 2 N–H and O–H groups in total. The van der Waals surface area contributed by atoms with Gasteiger partial charge in [0.1, 0.15) is 5.75 Å². The first-order valence-electron chi connectivity index (χ1n) is 10.2. The molecule has 0 bridgehead atoms. The molecule has 6 nitrogen and oxygen atoms in total. The number of anilines is 1. The van der Waals surface area contributed by atoms with Gasteiger partial charge in [-0.15, -0.1) is 0 Å². The van der Waals surface area contributed by atoms with Crippen LogP contribution in [0.4, 0.5) is 10.5 Å². The van der Waals surface area contributed by atoms with E-state index in [0.29, 0.717) is 19.8 Å². The minimum atomic E-state index is -0.216. The van der Waals surface area contributed by atoms with Crippen molar-refractivity contribution in [1.82, 2.24) is 5.32 Å². The third-order valence-electron chi connectivity index (χ3n) is 4.89. The van der Waals surface area contributed by atoms with E-state index in [1.165, 1.54) is 6.42 Å². The van der Waals surface area contributed by atoms with Crippen molar-refractivity contribution < 1.29 is 19.0 Å². The van der Waals surface area contributed by atoms with Gasteiger partial charge in [0.15, 0.2) is 0 Å². The first-order chi connectivity index (χ1) is 14.2. The Morgan fingerprint density at radius 2 is 2.00 bits per heavy atom. The van der Waals surface area contributed by atoms with Crippen LogP contribution in [-0.4, -0.2) is 39.0 Å². The van der Waals surface area contributed by atoms with Crippen LogP contribution in [0.1, 0.15) is 30.4 Å². The number of carbonyl (C=O) groups excluding carboxylic acids is 1. The van der Waals surface area contributed by atoms with Crippen LogP contribution in [0.3, 0.4) is 0 Å². The minimum absolute atomic E-state index is 0.210. The lowest BCUT2D eigenvalue weighted by Crippen LogP contribution is -2.30. The van der Waals surface area contributed by atoms with E-state index in [2.05, 4.69) is 10.6 Å². The van der Waals surface area contributed by atoms with Gasteiger partial charge in [-0.1, -0.05) is 24.3 Å². The fraction of sp³-hybridized carbons (Fsp3) is 0.435. The molecule has 1 fully saturated rings. The number of hydrogen-bond donors (Lipinski definition) is 2. The summed E-state index contributed by atoms with van der Waals surface area (Å²) in [5, 5.41) is 5.76. The van der Waals surface area contributed by atoms with Gasteiger partial charge in [0.05, 0.1) is 26.4 Å². The molecule has 1 unspecified atom stereocenters. The highest BCUT2D eigenvalue weighted by Gasteiger charge is 2.13. The van der Waals surface area contributed by atoms with E-state index in [0.717, 1.165) is 48.4 Å². The second-order valence-corrected chi connectivity index (χ2v) is 7.18. The largest absolute Gasteiger partial charge is 0.497 e. The van der Waals surface area contributed by atoms with Crippen molar-refractivity contribution in [2.75, 3.05) is 32.2 Å². The number of carbonyl (C=O) groups is 1. The van der Waals surface area contributed by atoms with Crippen molar-refractivity contribution in [2.45, 2.75) is 38.4 Å². The van der Waals surface area contributed by atoms with E-state index in [4.69, 9.17) is 14.2 Å². The molecule has 1 heterocycles. The Hall–Kier alpha value is -2.57. The van der Waals surface area contributed by atoms with E-state index >= 15 is 0 Å². The first kappa shape index (κ1) is 21.1. The molecule has 0 spiro atoms. The SMILES string of the molecule is COc1ccc(CCNC(=O)Nc2cccc(COCC3CCCCO3)c2)cc1. The van der Waals surface area contributed by atoms with Crippen molar-refractivity contribution in [2.24, 2.45) is 0 Å². The van der Waals surface area contributed by atoms with Crippen LogP contribution in [0.5, 0.6) is 5.75 Å².